The molecule has 0 aliphatic heterocycles. The lowest BCUT2D eigenvalue weighted by molar-refractivity contribution is 0.134. The summed E-state index contributed by atoms with van der Waals surface area (Å²) in [5, 5.41) is 19.5. The predicted octanol–water partition coefficient (Wildman–Crippen LogP) is 3.28. The highest BCUT2D eigenvalue weighted by Gasteiger charge is 2.22. The second kappa shape index (κ2) is 8.95. The van der Waals surface area contributed by atoms with Crippen LogP contribution in [0.15, 0.2) is 61.1 Å². The number of urea groups is 1. The molecular formula is C20H23N5O2. The summed E-state index contributed by atoms with van der Waals surface area (Å²) in [6.07, 6.45) is 5.75. The standard InChI is InChI=1S/C20H23N5O2/c1-2-18(14-26)25(13-15-5-4-9-21-12-15)20(27)23-17-7-3-6-16(11-17)19-8-10-22-24-19/h3-12,18,26H,2,13-14H2,1H3,(H,22,24)(H,23,27). The Morgan fingerprint density at radius 3 is 2.81 bits per heavy atom. The first kappa shape index (κ1) is 18.6. The molecule has 3 rings (SSSR count). The molecule has 27 heavy (non-hydrogen) atoms. The van der Waals surface area contributed by atoms with E-state index in [4.69, 9.17) is 0 Å². The monoisotopic (exact) mass is 365 g/mol. The van der Waals surface area contributed by atoms with Gasteiger partial charge in [0.1, 0.15) is 0 Å². The van der Waals surface area contributed by atoms with Gasteiger partial charge >= 0.3 is 6.03 Å². The van der Waals surface area contributed by atoms with Crippen molar-refractivity contribution in [2.24, 2.45) is 0 Å². The number of nitrogens with zero attached hydrogens (tertiary/aromatic N) is 3. The number of hydrogen-bond donors (Lipinski definition) is 3. The van der Waals surface area contributed by atoms with Gasteiger partial charge in [-0.15, -0.1) is 0 Å². The molecule has 1 aromatic carbocycles. The smallest absolute Gasteiger partial charge is 0.322 e. The number of H-pyrrole nitrogens is 1. The normalized spacial score (nSPS) is 11.8. The quantitative estimate of drug-likeness (QED) is 0.599. The van der Waals surface area contributed by atoms with Gasteiger partial charge in [-0.2, -0.15) is 5.10 Å². The van der Waals surface area contributed by atoms with Crippen LogP contribution < -0.4 is 5.32 Å². The largest absolute Gasteiger partial charge is 0.394 e. The summed E-state index contributed by atoms with van der Waals surface area (Å²) >= 11 is 0. The summed E-state index contributed by atoms with van der Waals surface area (Å²) in [6, 6.07) is 12.6. The van der Waals surface area contributed by atoms with Gasteiger partial charge in [-0.05, 0) is 36.2 Å². The Labute approximate surface area is 158 Å². The molecular weight excluding hydrogens is 342 g/mol. The molecule has 0 radical (unpaired) electrons. The second-order valence-electron chi connectivity index (χ2n) is 6.22. The number of aliphatic hydroxyl groups is 1. The third-order valence-corrected chi connectivity index (χ3v) is 4.38. The maximum Gasteiger partial charge on any atom is 0.322 e. The van der Waals surface area contributed by atoms with Crippen LogP contribution >= 0.6 is 0 Å². The third kappa shape index (κ3) is 4.71. The highest BCUT2D eigenvalue weighted by molar-refractivity contribution is 5.90. The van der Waals surface area contributed by atoms with E-state index in [2.05, 4.69) is 20.5 Å². The van der Waals surface area contributed by atoms with Gasteiger partial charge in [0.15, 0.2) is 0 Å². The molecule has 0 aliphatic rings. The lowest BCUT2D eigenvalue weighted by atomic mass is 10.1. The van der Waals surface area contributed by atoms with E-state index >= 15 is 0 Å². The Bertz CT molecular complexity index is 848. The molecule has 0 aliphatic carbocycles. The van der Waals surface area contributed by atoms with E-state index in [1.165, 1.54) is 0 Å². The van der Waals surface area contributed by atoms with Crippen LogP contribution in [0.4, 0.5) is 10.5 Å². The maximum atomic E-state index is 12.9. The first-order valence-corrected chi connectivity index (χ1v) is 8.88. The predicted molar refractivity (Wildman–Crippen MR) is 104 cm³/mol. The molecule has 3 aromatic rings. The molecule has 2 amide bonds. The lowest BCUT2D eigenvalue weighted by Crippen LogP contribution is -2.44. The van der Waals surface area contributed by atoms with E-state index < -0.39 is 0 Å². The molecule has 2 heterocycles. The fourth-order valence-electron chi connectivity index (χ4n) is 2.88. The number of hydrogen-bond acceptors (Lipinski definition) is 4. The average Bonchev–Trinajstić information content (AvgIpc) is 3.24. The van der Waals surface area contributed by atoms with E-state index in [0.29, 0.717) is 18.7 Å². The molecule has 0 spiro atoms. The molecule has 140 valence electrons. The number of amides is 2. The summed E-state index contributed by atoms with van der Waals surface area (Å²) in [6.45, 7) is 2.22. The molecule has 1 atom stereocenters. The van der Waals surface area contributed by atoms with Gasteiger partial charge in [-0.3, -0.25) is 10.1 Å². The van der Waals surface area contributed by atoms with Crippen LogP contribution in [-0.2, 0) is 6.54 Å². The van der Waals surface area contributed by atoms with Gasteiger partial charge in [-0.1, -0.05) is 25.1 Å². The fourth-order valence-corrected chi connectivity index (χ4v) is 2.88. The summed E-state index contributed by atoms with van der Waals surface area (Å²) in [5.41, 5.74) is 3.39. The van der Waals surface area contributed by atoms with Crippen molar-refractivity contribution in [3.8, 4) is 11.3 Å². The van der Waals surface area contributed by atoms with Crippen LogP contribution in [0.1, 0.15) is 18.9 Å². The molecule has 0 saturated carbocycles. The highest BCUT2D eigenvalue weighted by Crippen LogP contribution is 2.21. The minimum atomic E-state index is -0.277. The molecule has 7 heteroatoms. The van der Waals surface area contributed by atoms with Gasteiger partial charge in [-0.25, -0.2) is 4.79 Å². The molecule has 0 fully saturated rings. The van der Waals surface area contributed by atoms with Crippen molar-refractivity contribution in [1.29, 1.82) is 0 Å². The van der Waals surface area contributed by atoms with Crippen molar-refractivity contribution in [2.75, 3.05) is 11.9 Å². The van der Waals surface area contributed by atoms with E-state index in [9.17, 15) is 9.90 Å². The van der Waals surface area contributed by atoms with Gasteiger partial charge in [0, 0.05) is 36.4 Å². The van der Waals surface area contributed by atoms with Crippen molar-refractivity contribution in [3.63, 3.8) is 0 Å². The number of anilines is 1. The lowest BCUT2D eigenvalue weighted by Gasteiger charge is -2.30. The van der Waals surface area contributed by atoms with Crippen molar-refractivity contribution in [2.45, 2.75) is 25.9 Å². The number of carbonyl (C=O) groups is 1. The minimum absolute atomic E-state index is 0.0988. The van der Waals surface area contributed by atoms with Crippen molar-refractivity contribution < 1.29 is 9.90 Å². The van der Waals surface area contributed by atoms with Crippen molar-refractivity contribution in [1.82, 2.24) is 20.1 Å². The Morgan fingerprint density at radius 2 is 2.15 bits per heavy atom. The number of aromatic amines is 1. The topological polar surface area (TPSA) is 94.1 Å². The average molecular weight is 365 g/mol. The third-order valence-electron chi connectivity index (χ3n) is 4.38. The summed E-state index contributed by atoms with van der Waals surface area (Å²) in [5.74, 6) is 0. The first-order valence-electron chi connectivity index (χ1n) is 8.88. The van der Waals surface area contributed by atoms with Crippen LogP contribution in [0.25, 0.3) is 11.3 Å². The summed E-state index contributed by atoms with van der Waals surface area (Å²) < 4.78 is 0. The first-order chi connectivity index (χ1) is 13.2. The van der Waals surface area contributed by atoms with Gasteiger partial charge < -0.3 is 15.3 Å². The zero-order valence-electron chi connectivity index (χ0n) is 15.2. The van der Waals surface area contributed by atoms with Gasteiger partial charge in [0.25, 0.3) is 0 Å². The van der Waals surface area contributed by atoms with Crippen LogP contribution in [0.3, 0.4) is 0 Å². The summed E-state index contributed by atoms with van der Waals surface area (Å²) in [4.78, 5) is 18.7. The molecule has 2 aromatic heterocycles. The molecule has 3 N–H and O–H groups in total. The molecule has 1 unspecified atom stereocenters. The number of nitrogens with one attached hydrogen (secondary N) is 2. The highest BCUT2D eigenvalue weighted by atomic mass is 16.3. The van der Waals surface area contributed by atoms with Crippen molar-refractivity contribution in [3.05, 3.63) is 66.6 Å². The van der Waals surface area contributed by atoms with Crippen LogP contribution in [0.5, 0.6) is 0 Å². The Hall–Kier alpha value is -3.19. The van der Waals surface area contributed by atoms with E-state index in [1.54, 1.807) is 23.5 Å². The molecule has 0 saturated heterocycles. The zero-order valence-corrected chi connectivity index (χ0v) is 15.2. The van der Waals surface area contributed by atoms with E-state index in [1.807, 2.05) is 49.4 Å². The Kier molecular flexibility index (Phi) is 6.17. The maximum absolute atomic E-state index is 12.9. The molecule has 0 bridgehead atoms. The number of aromatic nitrogens is 3. The second-order valence-corrected chi connectivity index (χ2v) is 6.22. The van der Waals surface area contributed by atoms with E-state index in [0.717, 1.165) is 16.8 Å². The molecule has 7 nitrogen and oxygen atoms in total. The van der Waals surface area contributed by atoms with Crippen LogP contribution in [0.2, 0.25) is 0 Å². The van der Waals surface area contributed by atoms with Crippen LogP contribution in [0, 0.1) is 0 Å². The Balaban J connectivity index is 1.79. The minimum Gasteiger partial charge on any atom is -0.394 e. The fraction of sp³-hybridized carbons (Fsp3) is 0.250. The summed E-state index contributed by atoms with van der Waals surface area (Å²) in [7, 11) is 0. The SMILES string of the molecule is CCC(CO)N(Cc1cccnc1)C(=O)Nc1cccc(-c2ccn[nH]2)c1. The van der Waals surface area contributed by atoms with Gasteiger partial charge in [0.05, 0.1) is 18.3 Å². The number of aliphatic hydroxyl groups excluding tert-OH is 1. The van der Waals surface area contributed by atoms with E-state index in [-0.39, 0.29) is 18.7 Å². The zero-order chi connectivity index (χ0) is 19.1. The number of pyridine rings is 1. The Morgan fingerprint density at radius 1 is 1.26 bits per heavy atom. The number of rotatable bonds is 7. The number of benzene rings is 1. The number of carbonyl (C=O) groups excluding carboxylic acids is 1. The van der Waals surface area contributed by atoms with Crippen molar-refractivity contribution >= 4 is 11.7 Å². The van der Waals surface area contributed by atoms with Crippen LogP contribution in [-0.4, -0.2) is 43.9 Å². The van der Waals surface area contributed by atoms with Gasteiger partial charge in [0.2, 0.25) is 0 Å².